The monoisotopic (exact) mass is 346 g/mol. The number of amides is 1. The molecule has 2 aliphatic rings. The fraction of sp³-hybridized carbons (Fsp3) is 0.650. The van der Waals surface area contributed by atoms with Crippen LogP contribution in [0.3, 0.4) is 0 Å². The van der Waals surface area contributed by atoms with E-state index in [4.69, 9.17) is 4.74 Å². The second-order valence-electron chi connectivity index (χ2n) is 7.36. The lowest BCUT2D eigenvalue weighted by molar-refractivity contribution is -0.139. The van der Waals surface area contributed by atoms with Gasteiger partial charge in [0.05, 0.1) is 13.2 Å². The van der Waals surface area contributed by atoms with E-state index >= 15 is 0 Å². The lowest BCUT2D eigenvalue weighted by atomic mass is 9.72. The van der Waals surface area contributed by atoms with Gasteiger partial charge in [0.2, 0.25) is 5.91 Å². The molecule has 0 aromatic heterocycles. The van der Waals surface area contributed by atoms with E-state index in [1.807, 2.05) is 24.0 Å². The van der Waals surface area contributed by atoms with Gasteiger partial charge < -0.3 is 14.7 Å². The zero-order valence-corrected chi connectivity index (χ0v) is 15.2. The molecule has 25 heavy (non-hydrogen) atoms. The molecule has 0 bridgehead atoms. The van der Waals surface area contributed by atoms with Crippen molar-refractivity contribution < 1.29 is 14.6 Å². The number of aliphatic hydroxyl groups is 1. The summed E-state index contributed by atoms with van der Waals surface area (Å²) in [7, 11) is 0. The van der Waals surface area contributed by atoms with Crippen LogP contribution in [0, 0.1) is 5.41 Å². The molecule has 1 amide bonds. The number of carbonyl (C=O) groups excluding carboxylic acids is 1. The first kappa shape index (κ1) is 18.2. The number of rotatable bonds is 6. The number of piperidine rings is 2. The number of likely N-dealkylation sites (tertiary alicyclic amines) is 2. The number of benzene rings is 1. The summed E-state index contributed by atoms with van der Waals surface area (Å²) in [5.74, 6) is 1.19. The van der Waals surface area contributed by atoms with Gasteiger partial charge in [0.1, 0.15) is 5.75 Å². The van der Waals surface area contributed by atoms with E-state index in [0.29, 0.717) is 19.6 Å². The average molecular weight is 346 g/mol. The Kier molecular flexibility index (Phi) is 5.97. The van der Waals surface area contributed by atoms with Crippen molar-refractivity contribution in [2.24, 2.45) is 5.41 Å². The van der Waals surface area contributed by atoms with Crippen LogP contribution >= 0.6 is 0 Å². The van der Waals surface area contributed by atoms with Gasteiger partial charge in [-0.25, -0.2) is 0 Å². The van der Waals surface area contributed by atoms with Gasteiger partial charge in [0, 0.05) is 31.6 Å². The van der Waals surface area contributed by atoms with Crippen molar-refractivity contribution in [3.8, 4) is 5.75 Å². The maximum absolute atomic E-state index is 12.0. The molecule has 2 heterocycles. The highest BCUT2D eigenvalue weighted by atomic mass is 16.5. The van der Waals surface area contributed by atoms with E-state index in [-0.39, 0.29) is 17.9 Å². The molecule has 2 fully saturated rings. The number of para-hydroxylation sites is 1. The lowest BCUT2D eigenvalue weighted by Gasteiger charge is -2.47. The summed E-state index contributed by atoms with van der Waals surface area (Å²) in [6, 6.07) is 8.29. The second kappa shape index (κ2) is 8.19. The number of nitrogens with zero attached hydrogens (tertiary/aromatic N) is 2. The van der Waals surface area contributed by atoms with Crippen LogP contribution in [-0.2, 0) is 11.3 Å². The Hall–Kier alpha value is -1.59. The summed E-state index contributed by atoms with van der Waals surface area (Å²) in [6.07, 6.45) is 3.88. The molecule has 3 rings (SSSR count). The summed E-state index contributed by atoms with van der Waals surface area (Å²) in [5, 5.41) is 9.18. The predicted octanol–water partition coefficient (Wildman–Crippen LogP) is 2.28. The highest BCUT2D eigenvalue weighted by molar-refractivity contribution is 5.77. The minimum Gasteiger partial charge on any atom is -0.494 e. The maximum atomic E-state index is 12.0. The van der Waals surface area contributed by atoms with Crippen LogP contribution in [0.2, 0.25) is 0 Å². The molecule has 0 atom stereocenters. The number of carbonyl (C=O) groups is 1. The van der Waals surface area contributed by atoms with E-state index in [1.54, 1.807) is 0 Å². The number of aliphatic hydroxyl groups excluding tert-OH is 1. The highest BCUT2D eigenvalue weighted by Crippen LogP contribution is 2.40. The highest BCUT2D eigenvalue weighted by Gasteiger charge is 2.40. The van der Waals surface area contributed by atoms with Gasteiger partial charge in [-0.05, 0) is 50.8 Å². The Labute approximate surface area is 150 Å². The Morgan fingerprint density at radius 3 is 2.68 bits per heavy atom. The Morgan fingerprint density at radius 2 is 1.96 bits per heavy atom. The molecular formula is C20H30N2O3. The largest absolute Gasteiger partial charge is 0.494 e. The molecule has 5 heteroatoms. The third-order valence-electron chi connectivity index (χ3n) is 5.70. The smallest absolute Gasteiger partial charge is 0.222 e. The van der Waals surface area contributed by atoms with Gasteiger partial charge in [-0.15, -0.1) is 0 Å². The van der Waals surface area contributed by atoms with E-state index in [1.165, 1.54) is 5.56 Å². The quantitative estimate of drug-likeness (QED) is 0.859. The molecule has 0 radical (unpaired) electrons. The van der Waals surface area contributed by atoms with Crippen molar-refractivity contribution in [3.05, 3.63) is 29.8 Å². The zero-order chi connectivity index (χ0) is 17.7. The number of hydrogen-bond acceptors (Lipinski definition) is 4. The van der Waals surface area contributed by atoms with Crippen molar-refractivity contribution in [2.45, 2.75) is 39.2 Å². The summed E-state index contributed by atoms with van der Waals surface area (Å²) in [5.41, 5.74) is 1.50. The van der Waals surface area contributed by atoms with Crippen LogP contribution < -0.4 is 4.74 Å². The van der Waals surface area contributed by atoms with E-state index in [9.17, 15) is 9.90 Å². The number of β-amino-alcohol motifs (C(OH)–C–C–N with tert-alkyl or cyclic N) is 1. The van der Waals surface area contributed by atoms with Gasteiger partial charge >= 0.3 is 0 Å². The first-order chi connectivity index (χ1) is 12.2. The van der Waals surface area contributed by atoms with E-state index in [0.717, 1.165) is 51.2 Å². The molecule has 0 unspecified atom stereocenters. The molecule has 1 aromatic carbocycles. The average Bonchev–Trinajstić information content (AvgIpc) is 2.63. The second-order valence-corrected chi connectivity index (χ2v) is 7.36. The summed E-state index contributed by atoms with van der Waals surface area (Å²) in [6.45, 7) is 7.09. The molecule has 1 spiro atoms. The van der Waals surface area contributed by atoms with Gasteiger partial charge in [-0.2, -0.15) is 0 Å². The number of ether oxygens (including phenoxy) is 1. The molecule has 138 valence electrons. The van der Waals surface area contributed by atoms with Crippen LogP contribution in [0.4, 0.5) is 0 Å². The SMILES string of the molecule is CCOc1ccccc1CN1CCC2(CCC(=O)N(CCO)C2)CC1. The van der Waals surface area contributed by atoms with Crippen LogP contribution in [0.5, 0.6) is 5.75 Å². The minimum absolute atomic E-state index is 0.0577. The van der Waals surface area contributed by atoms with Gasteiger partial charge in [-0.1, -0.05) is 18.2 Å². The van der Waals surface area contributed by atoms with Crippen molar-refractivity contribution in [3.63, 3.8) is 0 Å². The molecule has 1 aromatic rings. The minimum atomic E-state index is 0.0577. The van der Waals surface area contributed by atoms with Crippen LogP contribution in [0.15, 0.2) is 24.3 Å². The Morgan fingerprint density at radius 1 is 1.20 bits per heavy atom. The summed E-state index contributed by atoms with van der Waals surface area (Å²) in [4.78, 5) is 16.4. The standard InChI is InChI=1S/C20H30N2O3/c1-2-25-18-6-4-3-5-17(18)15-21-11-9-20(10-12-21)8-7-19(24)22(16-20)13-14-23/h3-6,23H,2,7-16H2,1H3. The fourth-order valence-electron chi connectivity index (χ4n) is 4.19. The van der Waals surface area contributed by atoms with Crippen LogP contribution in [0.25, 0.3) is 0 Å². The third-order valence-corrected chi connectivity index (χ3v) is 5.70. The van der Waals surface area contributed by atoms with Gasteiger partial charge in [0.15, 0.2) is 0 Å². The van der Waals surface area contributed by atoms with Crippen molar-refractivity contribution in [1.29, 1.82) is 0 Å². The lowest BCUT2D eigenvalue weighted by Crippen LogP contribution is -2.51. The van der Waals surface area contributed by atoms with Crippen LogP contribution in [-0.4, -0.2) is 60.2 Å². The van der Waals surface area contributed by atoms with Crippen molar-refractivity contribution >= 4 is 5.91 Å². The topological polar surface area (TPSA) is 53.0 Å². The molecule has 2 saturated heterocycles. The first-order valence-corrected chi connectivity index (χ1v) is 9.47. The zero-order valence-electron chi connectivity index (χ0n) is 15.2. The van der Waals surface area contributed by atoms with Crippen molar-refractivity contribution in [1.82, 2.24) is 9.80 Å². The van der Waals surface area contributed by atoms with Gasteiger partial charge in [-0.3, -0.25) is 9.69 Å². The normalized spacial score (nSPS) is 20.9. The molecule has 1 N–H and O–H groups in total. The Balaban J connectivity index is 1.58. The van der Waals surface area contributed by atoms with E-state index < -0.39 is 0 Å². The molecule has 0 saturated carbocycles. The fourth-order valence-corrected chi connectivity index (χ4v) is 4.19. The van der Waals surface area contributed by atoms with Gasteiger partial charge in [0.25, 0.3) is 0 Å². The number of hydrogen-bond donors (Lipinski definition) is 1. The molecule has 5 nitrogen and oxygen atoms in total. The first-order valence-electron chi connectivity index (χ1n) is 9.47. The Bertz CT molecular complexity index is 582. The van der Waals surface area contributed by atoms with Crippen LogP contribution in [0.1, 0.15) is 38.2 Å². The molecule has 2 aliphatic heterocycles. The molecular weight excluding hydrogens is 316 g/mol. The van der Waals surface area contributed by atoms with Crippen molar-refractivity contribution in [2.75, 3.05) is 39.4 Å². The van der Waals surface area contributed by atoms with E-state index in [2.05, 4.69) is 17.0 Å². The molecule has 0 aliphatic carbocycles. The third kappa shape index (κ3) is 4.33. The summed E-state index contributed by atoms with van der Waals surface area (Å²) < 4.78 is 5.75. The maximum Gasteiger partial charge on any atom is 0.222 e. The predicted molar refractivity (Wildman–Crippen MR) is 97.5 cm³/mol. The summed E-state index contributed by atoms with van der Waals surface area (Å²) >= 11 is 0.